The molecular weight excluding hydrogens is 398 g/mol. The van der Waals surface area contributed by atoms with E-state index in [2.05, 4.69) is 5.32 Å². The fourth-order valence-electron chi connectivity index (χ4n) is 2.74. The van der Waals surface area contributed by atoms with E-state index >= 15 is 0 Å². The Morgan fingerprint density at radius 1 is 1.17 bits per heavy atom. The van der Waals surface area contributed by atoms with Gasteiger partial charge in [-0.15, -0.1) is 0 Å². The van der Waals surface area contributed by atoms with Crippen LogP contribution < -0.4 is 5.32 Å². The van der Waals surface area contributed by atoms with E-state index in [4.69, 9.17) is 0 Å². The smallest absolute Gasteiger partial charge is 0.269 e. The minimum absolute atomic E-state index is 0.0183. The summed E-state index contributed by atoms with van der Waals surface area (Å²) in [5.41, 5.74) is 0.458. The van der Waals surface area contributed by atoms with Crippen LogP contribution in [-0.2, 0) is 10.0 Å². The van der Waals surface area contributed by atoms with Gasteiger partial charge in [0.05, 0.1) is 15.9 Å². The van der Waals surface area contributed by atoms with Gasteiger partial charge in [0.25, 0.3) is 11.6 Å². The molecular formula is C19H23N3O6S. The normalized spacial score (nSPS) is 12.6. The lowest BCUT2D eigenvalue weighted by atomic mass is 10.1. The lowest BCUT2D eigenvalue weighted by Crippen LogP contribution is -2.31. The molecule has 0 aromatic heterocycles. The van der Waals surface area contributed by atoms with Gasteiger partial charge in [-0.2, -0.15) is 4.31 Å². The molecule has 0 fully saturated rings. The fourth-order valence-corrected chi connectivity index (χ4v) is 4.24. The molecule has 0 saturated carbocycles. The van der Waals surface area contributed by atoms with Crippen LogP contribution in [0.3, 0.4) is 0 Å². The summed E-state index contributed by atoms with van der Waals surface area (Å²) in [5, 5.41) is 23.4. The quantitative estimate of drug-likeness (QED) is 0.471. The van der Waals surface area contributed by atoms with Crippen LogP contribution in [0.5, 0.6) is 0 Å². The molecule has 0 radical (unpaired) electrons. The highest BCUT2D eigenvalue weighted by atomic mass is 32.2. The van der Waals surface area contributed by atoms with Crippen LogP contribution in [0.4, 0.5) is 5.69 Å². The summed E-state index contributed by atoms with van der Waals surface area (Å²) in [4.78, 5) is 22.5. The Kier molecular flexibility index (Phi) is 7.43. The minimum Gasteiger partial charge on any atom is -0.387 e. The number of hydrogen-bond donors (Lipinski definition) is 2. The maximum Gasteiger partial charge on any atom is 0.269 e. The van der Waals surface area contributed by atoms with E-state index in [0.717, 1.165) is 0 Å². The molecule has 0 aliphatic carbocycles. The van der Waals surface area contributed by atoms with Gasteiger partial charge in [-0.05, 0) is 35.9 Å². The van der Waals surface area contributed by atoms with Crippen molar-refractivity contribution in [3.8, 4) is 0 Å². The SMILES string of the molecule is CCN(CC)S(=O)(=O)c1cccc(C(=O)NC[C@@H](O)c2ccc([N+](=O)[O-])cc2)c1. The van der Waals surface area contributed by atoms with Crippen molar-refractivity contribution in [3.63, 3.8) is 0 Å². The van der Waals surface area contributed by atoms with Crippen molar-refractivity contribution in [2.75, 3.05) is 19.6 Å². The average Bonchev–Trinajstić information content (AvgIpc) is 2.72. The molecule has 0 aliphatic heterocycles. The number of aliphatic hydroxyl groups excluding tert-OH is 1. The second kappa shape index (κ2) is 9.59. The molecule has 0 saturated heterocycles. The zero-order valence-corrected chi connectivity index (χ0v) is 16.9. The maximum absolute atomic E-state index is 12.6. The summed E-state index contributed by atoms with van der Waals surface area (Å²) in [7, 11) is -3.69. The second-order valence-corrected chi connectivity index (χ2v) is 8.13. The molecule has 10 heteroatoms. The van der Waals surface area contributed by atoms with Gasteiger partial charge in [-0.25, -0.2) is 8.42 Å². The van der Waals surface area contributed by atoms with Crippen molar-refractivity contribution in [3.05, 3.63) is 69.8 Å². The van der Waals surface area contributed by atoms with Gasteiger partial charge in [0.1, 0.15) is 0 Å². The molecule has 2 aromatic carbocycles. The van der Waals surface area contributed by atoms with E-state index in [9.17, 15) is 28.4 Å². The molecule has 0 unspecified atom stereocenters. The van der Waals surface area contributed by atoms with Crippen LogP contribution in [0.1, 0.15) is 35.9 Å². The number of amides is 1. The van der Waals surface area contributed by atoms with E-state index in [1.165, 1.54) is 52.8 Å². The highest BCUT2D eigenvalue weighted by molar-refractivity contribution is 7.89. The molecule has 156 valence electrons. The number of benzene rings is 2. The van der Waals surface area contributed by atoms with E-state index < -0.39 is 27.0 Å². The number of nitro groups is 1. The molecule has 29 heavy (non-hydrogen) atoms. The van der Waals surface area contributed by atoms with Crippen LogP contribution >= 0.6 is 0 Å². The summed E-state index contributed by atoms with van der Waals surface area (Å²) in [5.74, 6) is -0.539. The van der Waals surface area contributed by atoms with Crippen LogP contribution in [0.15, 0.2) is 53.4 Å². The van der Waals surface area contributed by atoms with E-state index in [0.29, 0.717) is 18.7 Å². The monoisotopic (exact) mass is 421 g/mol. The largest absolute Gasteiger partial charge is 0.387 e. The molecule has 2 aromatic rings. The highest BCUT2D eigenvalue weighted by Gasteiger charge is 2.22. The molecule has 0 bridgehead atoms. The molecule has 0 heterocycles. The van der Waals surface area contributed by atoms with Crippen molar-refractivity contribution >= 4 is 21.6 Å². The number of carbonyl (C=O) groups excluding carboxylic acids is 1. The first-order chi connectivity index (χ1) is 13.7. The van der Waals surface area contributed by atoms with E-state index in [-0.39, 0.29) is 22.7 Å². The van der Waals surface area contributed by atoms with Gasteiger partial charge in [-0.1, -0.05) is 19.9 Å². The number of carbonyl (C=O) groups is 1. The Balaban J connectivity index is 2.08. The molecule has 9 nitrogen and oxygen atoms in total. The predicted molar refractivity (Wildman–Crippen MR) is 107 cm³/mol. The molecule has 0 aliphatic rings. The Hall–Kier alpha value is -2.82. The Morgan fingerprint density at radius 2 is 1.79 bits per heavy atom. The summed E-state index contributed by atoms with van der Waals surface area (Å²) in [6, 6.07) is 11.0. The van der Waals surface area contributed by atoms with E-state index in [1.807, 2.05) is 0 Å². The van der Waals surface area contributed by atoms with Crippen molar-refractivity contribution in [2.24, 2.45) is 0 Å². The molecule has 1 atom stereocenters. The highest BCUT2D eigenvalue weighted by Crippen LogP contribution is 2.19. The molecule has 2 N–H and O–H groups in total. The van der Waals surface area contributed by atoms with Gasteiger partial charge in [-0.3, -0.25) is 14.9 Å². The number of nitrogens with zero attached hydrogens (tertiary/aromatic N) is 2. The Morgan fingerprint density at radius 3 is 2.34 bits per heavy atom. The number of non-ortho nitro benzene ring substituents is 1. The summed E-state index contributed by atoms with van der Waals surface area (Å²) in [6.07, 6.45) is -1.07. The lowest BCUT2D eigenvalue weighted by molar-refractivity contribution is -0.384. The van der Waals surface area contributed by atoms with Crippen molar-refractivity contribution in [1.82, 2.24) is 9.62 Å². The second-order valence-electron chi connectivity index (χ2n) is 6.19. The van der Waals surface area contributed by atoms with Crippen molar-refractivity contribution in [2.45, 2.75) is 24.8 Å². The van der Waals surface area contributed by atoms with Crippen LogP contribution in [0.2, 0.25) is 0 Å². The topological polar surface area (TPSA) is 130 Å². The maximum atomic E-state index is 12.6. The first-order valence-electron chi connectivity index (χ1n) is 9.01. The van der Waals surface area contributed by atoms with Crippen LogP contribution in [-0.4, -0.2) is 48.3 Å². The van der Waals surface area contributed by atoms with E-state index in [1.54, 1.807) is 13.8 Å². The van der Waals surface area contributed by atoms with Gasteiger partial charge >= 0.3 is 0 Å². The van der Waals surface area contributed by atoms with Crippen LogP contribution in [0.25, 0.3) is 0 Å². The third kappa shape index (κ3) is 5.37. The summed E-state index contributed by atoms with van der Waals surface area (Å²) in [6.45, 7) is 3.96. The standard InChI is InChI=1S/C19H23N3O6S/c1-3-21(4-2)29(27,28)17-7-5-6-15(12-17)19(24)20-13-18(23)14-8-10-16(11-9-14)22(25)26/h5-12,18,23H,3-4,13H2,1-2H3,(H,20,24)/t18-/m1/s1. The summed E-state index contributed by atoms with van der Waals surface area (Å²) < 4.78 is 26.5. The first-order valence-corrected chi connectivity index (χ1v) is 10.5. The van der Waals surface area contributed by atoms with Crippen LogP contribution in [0, 0.1) is 10.1 Å². The first kappa shape index (κ1) is 22.5. The minimum atomic E-state index is -3.69. The number of nitrogens with one attached hydrogen (secondary N) is 1. The fraction of sp³-hybridized carbons (Fsp3) is 0.316. The van der Waals surface area contributed by atoms with Gasteiger partial charge in [0, 0.05) is 37.3 Å². The Bertz CT molecular complexity index is 972. The molecule has 1 amide bonds. The zero-order valence-electron chi connectivity index (χ0n) is 16.1. The number of nitro benzene ring substituents is 1. The predicted octanol–water partition coefficient (Wildman–Crippen LogP) is 2.09. The summed E-state index contributed by atoms with van der Waals surface area (Å²) >= 11 is 0. The average molecular weight is 421 g/mol. The molecule has 2 rings (SSSR count). The number of rotatable bonds is 9. The molecule has 0 spiro atoms. The van der Waals surface area contributed by atoms with Gasteiger partial charge in [0.15, 0.2) is 0 Å². The third-order valence-electron chi connectivity index (χ3n) is 4.38. The zero-order chi connectivity index (χ0) is 21.6. The van der Waals surface area contributed by atoms with Gasteiger partial charge < -0.3 is 10.4 Å². The van der Waals surface area contributed by atoms with Gasteiger partial charge in [0.2, 0.25) is 10.0 Å². The van der Waals surface area contributed by atoms with Crippen molar-refractivity contribution in [1.29, 1.82) is 0 Å². The number of sulfonamides is 1. The van der Waals surface area contributed by atoms with Crippen molar-refractivity contribution < 1.29 is 23.2 Å². The number of hydrogen-bond acceptors (Lipinski definition) is 6. The lowest BCUT2D eigenvalue weighted by Gasteiger charge is -2.18. The third-order valence-corrected chi connectivity index (χ3v) is 6.43. The Labute approximate surface area is 169 Å². The number of aliphatic hydroxyl groups is 1.